The standard InChI is InChI=1S/C43H46O8/c44-32-43(45)42(50-30-37-24-14-5-15-25-37)41(49-29-36-22-12-4-13-23-36)40(48-28-35-20-10-3-11-21-35)39(51-43)38(47-27-34-18-8-2-9-19-34)31-46-26-33-16-6-1-7-17-33/h1-25,38-42,44-45H,26-32H2/t38-,39-,40-,41+,42+,43+/m1/s1. The van der Waals surface area contributed by atoms with Gasteiger partial charge in [0.25, 0.3) is 0 Å². The lowest BCUT2D eigenvalue weighted by molar-refractivity contribution is -0.386. The van der Waals surface area contributed by atoms with E-state index >= 15 is 0 Å². The second-order valence-corrected chi connectivity index (χ2v) is 12.7. The summed E-state index contributed by atoms with van der Waals surface area (Å²) in [6.07, 6.45) is -4.54. The number of aliphatic hydroxyl groups is 2. The van der Waals surface area contributed by atoms with Gasteiger partial charge in [0, 0.05) is 0 Å². The smallest absolute Gasteiger partial charge is 0.219 e. The summed E-state index contributed by atoms with van der Waals surface area (Å²) in [5.74, 6) is -2.17. The SMILES string of the molecule is OC[C@]1(O)O[C@H]([C@@H](COCc2ccccc2)OCc2ccccc2)[C@@H](OCc2ccccc2)[C@H](OCc2ccccc2)[C@@H]1OCc1ccccc1. The van der Waals surface area contributed by atoms with Gasteiger partial charge in [-0.1, -0.05) is 152 Å². The molecule has 0 radical (unpaired) electrons. The Morgan fingerprint density at radius 2 is 0.902 bits per heavy atom. The van der Waals surface area contributed by atoms with E-state index in [4.69, 9.17) is 28.4 Å². The summed E-state index contributed by atoms with van der Waals surface area (Å²) >= 11 is 0. The van der Waals surface area contributed by atoms with Crippen LogP contribution in [0.25, 0.3) is 0 Å². The molecule has 2 N–H and O–H groups in total. The molecule has 5 aromatic carbocycles. The Hall–Kier alpha value is -4.22. The molecule has 0 bridgehead atoms. The number of hydrogen-bond acceptors (Lipinski definition) is 8. The van der Waals surface area contributed by atoms with Crippen LogP contribution in [-0.4, -0.2) is 59.7 Å². The largest absolute Gasteiger partial charge is 0.391 e. The van der Waals surface area contributed by atoms with Crippen molar-refractivity contribution in [2.24, 2.45) is 0 Å². The van der Waals surface area contributed by atoms with Gasteiger partial charge < -0.3 is 38.6 Å². The number of aliphatic hydroxyl groups excluding tert-OH is 1. The van der Waals surface area contributed by atoms with E-state index in [0.29, 0.717) is 6.61 Å². The van der Waals surface area contributed by atoms with Crippen LogP contribution in [0.4, 0.5) is 0 Å². The first-order valence-corrected chi connectivity index (χ1v) is 17.4. The third kappa shape index (κ3) is 10.4. The minimum atomic E-state index is -2.17. The van der Waals surface area contributed by atoms with Crippen LogP contribution in [0.3, 0.4) is 0 Å². The van der Waals surface area contributed by atoms with Gasteiger partial charge in [-0.2, -0.15) is 0 Å². The molecule has 266 valence electrons. The molecule has 6 atom stereocenters. The van der Waals surface area contributed by atoms with Gasteiger partial charge >= 0.3 is 0 Å². The quantitative estimate of drug-likeness (QED) is 0.106. The predicted octanol–water partition coefficient (Wildman–Crippen LogP) is 6.62. The monoisotopic (exact) mass is 690 g/mol. The molecule has 0 aromatic heterocycles. The molecule has 1 heterocycles. The van der Waals surface area contributed by atoms with Crippen molar-refractivity contribution in [1.29, 1.82) is 0 Å². The molecule has 0 spiro atoms. The van der Waals surface area contributed by atoms with Crippen LogP contribution in [0, 0.1) is 0 Å². The van der Waals surface area contributed by atoms with E-state index in [1.165, 1.54) is 0 Å². The first kappa shape index (κ1) is 36.6. The van der Waals surface area contributed by atoms with Gasteiger partial charge in [0.2, 0.25) is 5.79 Å². The Labute approximate surface area is 300 Å². The van der Waals surface area contributed by atoms with Crippen molar-refractivity contribution < 1.29 is 38.6 Å². The zero-order chi connectivity index (χ0) is 35.1. The van der Waals surface area contributed by atoms with Crippen LogP contribution in [-0.2, 0) is 61.5 Å². The highest BCUT2D eigenvalue weighted by Gasteiger charge is 2.58. The molecule has 0 aliphatic carbocycles. The Kier molecular flexibility index (Phi) is 13.5. The van der Waals surface area contributed by atoms with E-state index in [-0.39, 0.29) is 33.0 Å². The Bertz CT molecular complexity index is 1680. The Morgan fingerprint density at radius 3 is 1.35 bits per heavy atom. The van der Waals surface area contributed by atoms with Crippen molar-refractivity contribution in [3.05, 3.63) is 179 Å². The molecule has 0 unspecified atom stereocenters. The fourth-order valence-corrected chi connectivity index (χ4v) is 6.17. The normalized spacial score (nSPS) is 22.4. The van der Waals surface area contributed by atoms with Crippen LogP contribution in [0.1, 0.15) is 27.8 Å². The zero-order valence-corrected chi connectivity index (χ0v) is 28.6. The maximum atomic E-state index is 12.2. The van der Waals surface area contributed by atoms with E-state index < -0.39 is 42.9 Å². The van der Waals surface area contributed by atoms with Crippen LogP contribution in [0.2, 0.25) is 0 Å². The van der Waals surface area contributed by atoms with E-state index in [9.17, 15) is 10.2 Å². The summed E-state index contributed by atoms with van der Waals surface area (Å²) in [5, 5.41) is 23.0. The van der Waals surface area contributed by atoms with E-state index in [2.05, 4.69) is 0 Å². The maximum absolute atomic E-state index is 12.2. The highest BCUT2D eigenvalue weighted by Crippen LogP contribution is 2.37. The van der Waals surface area contributed by atoms with Crippen molar-refractivity contribution in [1.82, 2.24) is 0 Å². The van der Waals surface area contributed by atoms with Crippen molar-refractivity contribution in [2.45, 2.75) is 69.3 Å². The summed E-state index contributed by atoms with van der Waals surface area (Å²) in [5.41, 5.74) is 4.74. The summed E-state index contributed by atoms with van der Waals surface area (Å²) in [4.78, 5) is 0. The number of rotatable bonds is 18. The van der Waals surface area contributed by atoms with Crippen LogP contribution in [0.15, 0.2) is 152 Å². The van der Waals surface area contributed by atoms with E-state index in [0.717, 1.165) is 27.8 Å². The van der Waals surface area contributed by atoms with Gasteiger partial charge in [-0.05, 0) is 27.8 Å². The third-order valence-corrected chi connectivity index (χ3v) is 8.87. The molecule has 0 saturated carbocycles. The number of ether oxygens (including phenoxy) is 6. The predicted molar refractivity (Wildman–Crippen MR) is 193 cm³/mol. The van der Waals surface area contributed by atoms with Crippen molar-refractivity contribution >= 4 is 0 Å². The second kappa shape index (κ2) is 18.9. The number of benzene rings is 5. The van der Waals surface area contributed by atoms with Gasteiger partial charge in [0.15, 0.2) is 0 Å². The third-order valence-electron chi connectivity index (χ3n) is 8.87. The molecule has 8 nitrogen and oxygen atoms in total. The Morgan fingerprint density at radius 1 is 0.510 bits per heavy atom. The minimum absolute atomic E-state index is 0.111. The summed E-state index contributed by atoms with van der Waals surface area (Å²) in [6, 6.07) is 48.9. The lowest BCUT2D eigenvalue weighted by Crippen LogP contribution is -2.70. The molecular weight excluding hydrogens is 644 g/mol. The topological polar surface area (TPSA) is 95.8 Å². The van der Waals surface area contributed by atoms with E-state index in [1.54, 1.807) is 0 Å². The van der Waals surface area contributed by atoms with Crippen molar-refractivity contribution in [3.63, 3.8) is 0 Å². The molecule has 1 aliphatic rings. The molecule has 1 fully saturated rings. The van der Waals surface area contributed by atoms with Gasteiger partial charge in [0.05, 0.1) is 46.2 Å². The Balaban J connectivity index is 1.35. The lowest BCUT2D eigenvalue weighted by Gasteiger charge is -2.51. The molecule has 8 heteroatoms. The fraction of sp³-hybridized carbons (Fsp3) is 0.302. The maximum Gasteiger partial charge on any atom is 0.219 e. The molecule has 5 aromatic rings. The molecule has 0 amide bonds. The van der Waals surface area contributed by atoms with Gasteiger partial charge in [0.1, 0.15) is 30.5 Å². The van der Waals surface area contributed by atoms with Gasteiger partial charge in [-0.25, -0.2) is 0 Å². The van der Waals surface area contributed by atoms with Crippen LogP contribution in [0.5, 0.6) is 0 Å². The zero-order valence-electron chi connectivity index (χ0n) is 28.6. The lowest BCUT2D eigenvalue weighted by atomic mass is 9.89. The average Bonchev–Trinajstić information content (AvgIpc) is 3.19. The van der Waals surface area contributed by atoms with E-state index in [1.807, 2.05) is 152 Å². The van der Waals surface area contributed by atoms with Gasteiger partial charge in [-0.3, -0.25) is 0 Å². The first-order chi connectivity index (χ1) is 25.1. The molecular formula is C43H46O8. The minimum Gasteiger partial charge on any atom is -0.391 e. The number of hydrogen-bond donors (Lipinski definition) is 2. The fourth-order valence-electron chi connectivity index (χ4n) is 6.17. The molecule has 1 aliphatic heterocycles. The first-order valence-electron chi connectivity index (χ1n) is 17.4. The summed E-state index contributed by atoms with van der Waals surface area (Å²) < 4.78 is 39.2. The summed E-state index contributed by atoms with van der Waals surface area (Å²) in [7, 11) is 0. The second-order valence-electron chi connectivity index (χ2n) is 12.7. The van der Waals surface area contributed by atoms with Crippen LogP contribution >= 0.6 is 0 Å². The van der Waals surface area contributed by atoms with Crippen molar-refractivity contribution in [2.75, 3.05) is 13.2 Å². The molecule has 6 rings (SSSR count). The van der Waals surface area contributed by atoms with Crippen LogP contribution < -0.4 is 0 Å². The highest BCUT2D eigenvalue weighted by atomic mass is 16.7. The van der Waals surface area contributed by atoms with Crippen molar-refractivity contribution in [3.8, 4) is 0 Å². The van der Waals surface area contributed by atoms with Gasteiger partial charge in [-0.15, -0.1) is 0 Å². The summed E-state index contributed by atoms with van der Waals surface area (Å²) in [6.45, 7) is 0.538. The molecule has 51 heavy (non-hydrogen) atoms. The molecule has 1 saturated heterocycles. The average molecular weight is 691 g/mol. The highest BCUT2D eigenvalue weighted by molar-refractivity contribution is 5.17.